The van der Waals surface area contributed by atoms with Crippen molar-refractivity contribution in [3.05, 3.63) is 142 Å². The Labute approximate surface area is 227 Å². The SMILES string of the molecule is O=CC(=C/c1ccc(OC(=O)c2ccccc2F)cc1)/C(C=O)=C\c1ccc(OC(=O)c2ccccc2F)cc1. The summed E-state index contributed by atoms with van der Waals surface area (Å²) in [5.74, 6) is -2.77. The predicted molar refractivity (Wildman–Crippen MR) is 144 cm³/mol. The Morgan fingerprint density at radius 3 is 1.20 bits per heavy atom. The van der Waals surface area contributed by atoms with Crippen molar-refractivity contribution in [3.63, 3.8) is 0 Å². The number of hydrogen-bond donors (Lipinski definition) is 0. The van der Waals surface area contributed by atoms with E-state index in [1.165, 1.54) is 72.8 Å². The van der Waals surface area contributed by atoms with Crippen molar-refractivity contribution in [1.29, 1.82) is 0 Å². The van der Waals surface area contributed by atoms with E-state index in [1.54, 1.807) is 24.3 Å². The molecule has 0 aliphatic heterocycles. The third-order valence-corrected chi connectivity index (χ3v) is 5.60. The first-order chi connectivity index (χ1) is 19.4. The number of hydrogen-bond acceptors (Lipinski definition) is 6. The molecule has 4 aromatic rings. The van der Waals surface area contributed by atoms with Crippen LogP contribution >= 0.6 is 0 Å². The number of esters is 2. The van der Waals surface area contributed by atoms with Gasteiger partial charge in [0.25, 0.3) is 0 Å². The summed E-state index contributed by atoms with van der Waals surface area (Å²) in [6, 6.07) is 23.0. The molecule has 0 bridgehead atoms. The molecule has 198 valence electrons. The number of ether oxygens (including phenoxy) is 2. The average Bonchev–Trinajstić information content (AvgIpc) is 2.97. The largest absolute Gasteiger partial charge is 0.423 e. The summed E-state index contributed by atoms with van der Waals surface area (Å²) in [6.07, 6.45) is 3.99. The lowest BCUT2D eigenvalue weighted by Crippen LogP contribution is -2.10. The number of allylic oxidation sites excluding steroid dienone is 2. The third kappa shape index (κ3) is 6.87. The summed E-state index contributed by atoms with van der Waals surface area (Å²) < 4.78 is 38.0. The van der Waals surface area contributed by atoms with Crippen LogP contribution in [-0.4, -0.2) is 24.5 Å². The minimum absolute atomic E-state index is 0.0844. The van der Waals surface area contributed by atoms with Crippen LogP contribution in [0.5, 0.6) is 11.5 Å². The third-order valence-electron chi connectivity index (χ3n) is 5.60. The molecule has 4 rings (SSSR count). The smallest absolute Gasteiger partial charge is 0.346 e. The quantitative estimate of drug-likeness (QED) is 0.0821. The number of benzene rings is 4. The summed E-state index contributed by atoms with van der Waals surface area (Å²) in [4.78, 5) is 47.9. The Morgan fingerprint density at radius 1 is 0.525 bits per heavy atom. The molecule has 0 N–H and O–H groups in total. The second-order valence-corrected chi connectivity index (χ2v) is 8.31. The molecule has 0 fully saturated rings. The maximum absolute atomic E-state index is 13.8. The van der Waals surface area contributed by atoms with E-state index in [1.807, 2.05) is 0 Å². The van der Waals surface area contributed by atoms with Gasteiger partial charge in [-0.2, -0.15) is 0 Å². The molecule has 0 spiro atoms. The molecule has 0 aliphatic carbocycles. The van der Waals surface area contributed by atoms with E-state index in [0.717, 1.165) is 12.1 Å². The van der Waals surface area contributed by atoms with Crippen molar-refractivity contribution in [2.45, 2.75) is 0 Å². The van der Waals surface area contributed by atoms with Crippen molar-refractivity contribution in [3.8, 4) is 11.5 Å². The van der Waals surface area contributed by atoms with Gasteiger partial charge in [-0.3, -0.25) is 9.59 Å². The number of halogens is 2. The summed E-state index contributed by atoms with van der Waals surface area (Å²) in [6.45, 7) is 0. The molecule has 0 atom stereocenters. The Hall–Kier alpha value is -5.50. The predicted octanol–water partition coefficient (Wildman–Crippen LogP) is 6.27. The van der Waals surface area contributed by atoms with Crippen LogP contribution in [0.3, 0.4) is 0 Å². The normalized spacial score (nSPS) is 11.4. The van der Waals surface area contributed by atoms with Gasteiger partial charge in [-0.15, -0.1) is 0 Å². The lowest BCUT2D eigenvalue weighted by atomic mass is 10.0. The first-order valence-corrected chi connectivity index (χ1v) is 11.9. The Balaban J connectivity index is 1.46. The van der Waals surface area contributed by atoms with Gasteiger partial charge in [0.15, 0.2) is 12.6 Å². The average molecular weight is 539 g/mol. The number of aldehydes is 2. The van der Waals surface area contributed by atoms with E-state index in [-0.39, 0.29) is 33.8 Å². The van der Waals surface area contributed by atoms with E-state index in [2.05, 4.69) is 0 Å². The Kier molecular flexibility index (Phi) is 8.84. The van der Waals surface area contributed by atoms with Gasteiger partial charge in [0.2, 0.25) is 0 Å². The number of rotatable bonds is 9. The zero-order valence-corrected chi connectivity index (χ0v) is 20.8. The zero-order valence-electron chi connectivity index (χ0n) is 20.8. The highest BCUT2D eigenvalue weighted by atomic mass is 19.1. The van der Waals surface area contributed by atoms with Crippen LogP contribution in [0, 0.1) is 11.6 Å². The summed E-state index contributed by atoms with van der Waals surface area (Å²) in [7, 11) is 0. The van der Waals surface area contributed by atoms with Crippen molar-refractivity contribution < 1.29 is 37.4 Å². The van der Waals surface area contributed by atoms with Crippen LogP contribution in [0.4, 0.5) is 8.78 Å². The van der Waals surface area contributed by atoms with Gasteiger partial charge < -0.3 is 9.47 Å². The molecule has 6 nitrogen and oxygen atoms in total. The second-order valence-electron chi connectivity index (χ2n) is 8.31. The highest BCUT2D eigenvalue weighted by molar-refractivity contribution is 6.02. The maximum Gasteiger partial charge on any atom is 0.346 e. The summed E-state index contributed by atoms with van der Waals surface area (Å²) >= 11 is 0. The fraction of sp³-hybridized carbons (Fsp3) is 0. The van der Waals surface area contributed by atoms with Gasteiger partial charge in [-0.25, -0.2) is 18.4 Å². The van der Waals surface area contributed by atoms with Gasteiger partial charge in [-0.1, -0.05) is 48.5 Å². The molecule has 0 aliphatic rings. The number of carbonyl (C=O) groups excluding carboxylic acids is 4. The fourth-order valence-corrected chi connectivity index (χ4v) is 3.57. The van der Waals surface area contributed by atoms with Crippen LogP contribution in [0.2, 0.25) is 0 Å². The molecule has 40 heavy (non-hydrogen) atoms. The van der Waals surface area contributed by atoms with Crippen molar-refractivity contribution in [2.75, 3.05) is 0 Å². The first-order valence-electron chi connectivity index (χ1n) is 11.9. The van der Waals surface area contributed by atoms with Crippen LogP contribution in [0.15, 0.2) is 108 Å². The monoisotopic (exact) mass is 538 g/mol. The molecule has 4 aromatic carbocycles. The molecule has 0 heterocycles. The van der Waals surface area contributed by atoms with Gasteiger partial charge in [0.05, 0.1) is 11.1 Å². The molecule has 0 radical (unpaired) electrons. The molecule has 0 saturated heterocycles. The lowest BCUT2D eigenvalue weighted by Gasteiger charge is -2.06. The van der Waals surface area contributed by atoms with Gasteiger partial charge in [-0.05, 0) is 71.8 Å². The molecule has 0 amide bonds. The van der Waals surface area contributed by atoms with Gasteiger partial charge in [0.1, 0.15) is 23.1 Å². The molecule has 8 heteroatoms. The van der Waals surface area contributed by atoms with E-state index >= 15 is 0 Å². The Bertz CT molecular complexity index is 1500. The van der Waals surface area contributed by atoms with Gasteiger partial charge >= 0.3 is 11.9 Å². The fourth-order valence-electron chi connectivity index (χ4n) is 3.57. The second kappa shape index (κ2) is 12.8. The summed E-state index contributed by atoms with van der Waals surface area (Å²) in [5.41, 5.74) is 0.840. The topological polar surface area (TPSA) is 86.7 Å². The minimum Gasteiger partial charge on any atom is -0.423 e. The highest BCUT2D eigenvalue weighted by Crippen LogP contribution is 2.21. The number of carbonyl (C=O) groups is 4. The first kappa shape index (κ1) is 27.5. The van der Waals surface area contributed by atoms with Crippen LogP contribution in [0.1, 0.15) is 31.8 Å². The van der Waals surface area contributed by atoms with E-state index in [4.69, 9.17) is 9.47 Å². The van der Waals surface area contributed by atoms with Crippen LogP contribution in [0.25, 0.3) is 12.2 Å². The molecule has 0 unspecified atom stereocenters. The van der Waals surface area contributed by atoms with E-state index in [0.29, 0.717) is 23.7 Å². The van der Waals surface area contributed by atoms with E-state index in [9.17, 15) is 28.0 Å². The van der Waals surface area contributed by atoms with Crippen LogP contribution in [-0.2, 0) is 9.59 Å². The molecule has 0 saturated carbocycles. The van der Waals surface area contributed by atoms with Gasteiger partial charge in [0, 0.05) is 11.1 Å². The van der Waals surface area contributed by atoms with E-state index < -0.39 is 23.6 Å². The Morgan fingerprint density at radius 2 is 0.875 bits per heavy atom. The van der Waals surface area contributed by atoms with Crippen molar-refractivity contribution in [2.24, 2.45) is 0 Å². The standard InChI is InChI=1S/C32H20F2O6/c33-29-7-3-1-5-27(29)31(37)39-25-13-9-21(10-14-25)17-23(19-35)24(20-36)18-22-11-15-26(16-12-22)40-32(38)28-6-2-4-8-30(28)34/h1-20H/b23-17-,24-18-. The molecular formula is C32H20F2O6. The highest BCUT2D eigenvalue weighted by Gasteiger charge is 2.14. The minimum atomic E-state index is -0.853. The van der Waals surface area contributed by atoms with Crippen molar-refractivity contribution in [1.82, 2.24) is 0 Å². The van der Waals surface area contributed by atoms with Crippen molar-refractivity contribution >= 4 is 36.7 Å². The molecular weight excluding hydrogens is 518 g/mol. The molecule has 0 aromatic heterocycles. The van der Waals surface area contributed by atoms with Crippen LogP contribution < -0.4 is 9.47 Å². The maximum atomic E-state index is 13.8. The lowest BCUT2D eigenvalue weighted by molar-refractivity contribution is -0.107. The zero-order chi connectivity index (χ0) is 28.5. The summed E-state index contributed by atoms with van der Waals surface area (Å²) in [5, 5.41) is 0.